The fourth-order valence-electron chi connectivity index (χ4n) is 3.02. The van der Waals surface area contributed by atoms with Gasteiger partial charge in [-0.2, -0.15) is 0 Å². The van der Waals surface area contributed by atoms with E-state index < -0.39 is 0 Å². The maximum Gasteiger partial charge on any atom is 0.142 e. The Morgan fingerprint density at radius 1 is 0.667 bits per heavy atom. The van der Waals surface area contributed by atoms with Crippen LogP contribution < -0.4 is 9.47 Å². The van der Waals surface area contributed by atoms with E-state index in [-0.39, 0.29) is 14.9 Å². The van der Waals surface area contributed by atoms with E-state index >= 15 is 0 Å². The average molecular weight is 328 g/mol. The van der Waals surface area contributed by atoms with Crippen molar-refractivity contribution in [2.24, 2.45) is 0 Å². The molecule has 4 rings (SSSR count). The molecular formula is C20H28N2O2. The van der Waals surface area contributed by atoms with Gasteiger partial charge in [-0.15, -0.1) is 0 Å². The molecule has 0 unspecified atom stereocenters. The molecule has 0 radical (unpaired) electrons. The monoisotopic (exact) mass is 328 g/mol. The van der Waals surface area contributed by atoms with Crippen LogP contribution >= 0.6 is 0 Å². The number of para-hydroxylation sites is 2. The van der Waals surface area contributed by atoms with Gasteiger partial charge in [0.15, 0.2) is 0 Å². The minimum absolute atomic E-state index is 0. The van der Waals surface area contributed by atoms with Crippen LogP contribution in [0.2, 0.25) is 0 Å². The third-order valence-electron chi connectivity index (χ3n) is 4.27. The van der Waals surface area contributed by atoms with Crippen LogP contribution in [0.25, 0.3) is 0 Å². The quantitative estimate of drug-likeness (QED) is 0.851. The highest BCUT2D eigenvalue weighted by Crippen LogP contribution is 2.25. The summed E-state index contributed by atoms with van der Waals surface area (Å²) in [5.41, 5.74) is 2.54. The summed E-state index contributed by atoms with van der Waals surface area (Å²) in [5, 5.41) is 0. The Kier molecular flexibility index (Phi) is 6.23. The molecule has 2 aliphatic rings. The molecule has 0 amide bonds. The number of nitrogens with zero attached hydrogens (tertiary/aromatic N) is 2. The van der Waals surface area contributed by atoms with E-state index in [0.29, 0.717) is 13.5 Å². The molecule has 4 heteroatoms. The zero-order valence-corrected chi connectivity index (χ0v) is 12.6. The molecule has 0 saturated heterocycles. The summed E-state index contributed by atoms with van der Waals surface area (Å²) in [7, 11) is 0. The Hall–Kier alpha value is -2.04. The van der Waals surface area contributed by atoms with Crippen molar-refractivity contribution in [1.82, 2.24) is 9.80 Å². The van der Waals surface area contributed by atoms with Crippen molar-refractivity contribution >= 4 is 0 Å². The Morgan fingerprint density at radius 2 is 1.08 bits per heavy atom. The summed E-state index contributed by atoms with van der Waals surface area (Å²) < 4.78 is 11.6. The van der Waals surface area contributed by atoms with Gasteiger partial charge in [0.25, 0.3) is 0 Å². The third kappa shape index (κ3) is 3.89. The van der Waals surface area contributed by atoms with Gasteiger partial charge in [-0.1, -0.05) is 51.3 Å². The first-order valence-corrected chi connectivity index (χ1v) is 7.74. The topological polar surface area (TPSA) is 24.9 Å². The predicted octanol–water partition coefficient (Wildman–Crippen LogP) is 3.96. The molecule has 24 heavy (non-hydrogen) atoms. The van der Waals surface area contributed by atoms with Gasteiger partial charge in [0.2, 0.25) is 0 Å². The van der Waals surface area contributed by atoms with Crippen molar-refractivity contribution < 1.29 is 9.47 Å². The van der Waals surface area contributed by atoms with Crippen molar-refractivity contribution in [3.8, 4) is 11.5 Å². The summed E-state index contributed by atoms with van der Waals surface area (Å²) in [6, 6.07) is 16.6. The normalized spacial score (nSPS) is 16.5. The molecule has 4 nitrogen and oxygen atoms in total. The summed E-state index contributed by atoms with van der Waals surface area (Å²) in [5.74, 6) is 2.04. The van der Waals surface area contributed by atoms with Crippen molar-refractivity contribution in [2.75, 3.05) is 26.6 Å². The fourth-order valence-corrected chi connectivity index (χ4v) is 3.02. The molecular weight excluding hydrogens is 300 g/mol. The second-order valence-electron chi connectivity index (χ2n) is 5.87. The van der Waals surface area contributed by atoms with Crippen molar-refractivity contribution in [3.05, 3.63) is 59.7 Å². The van der Waals surface area contributed by atoms with Crippen LogP contribution in [-0.2, 0) is 13.1 Å². The van der Waals surface area contributed by atoms with E-state index in [1.807, 2.05) is 24.3 Å². The van der Waals surface area contributed by atoms with Crippen molar-refractivity contribution in [2.45, 2.75) is 27.9 Å². The van der Waals surface area contributed by atoms with E-state index in [1.165, 1.54) is 11.1 Å². The molecule has 0 aliphatic carbocycles. The molecule has 0 aromatic heterocycles. The largest absolute Gasteiger partial charge is 0.478 e. The third-order valence-corrected chi connectivity index (χ3v) is 4.27. The number of fused-ring (bicyclic) bond motifs is 2. The molecule has 2 aromatic carbocycles. The van der Waals surface area contributed by atoms with Crippen LogP contribution in [0.4, 0.5) is 0 Å². The lowest BCUT2D eigenvalue weighted by molar-refractivity contribution is 0.0522. The summed E-state index contributed by atoms with van der Waals surface area (Å²) >= 11 is 0. The van der Waals surface area contributed by atoms with Crippen LogP contribution in [0, 0.1) is 0 Å². The highest BCUT2D eigenvalue weighted by molar-refractivity contribution is 5.35. The van der Waals surface area contributed by atoms with Crippen molar-refractivity contribution in [1.29, 1.82) is 0 Å². The molecule has 130 valence electrons. The van der Waals surface area contributed by atoms with Gasteiger partial charge in [-0.05, 0) is 12.1 Å². The molecule has 0 bridgehead atoms. The van der Waals surface area contributed by atoms with E-state index in [2.05, 4.69) is 34.1 Å². The number of hydrogen-bond donors (Lipinski definition) is 0. The second-order valence-corrected chi connectivity index (χ2v) is 5.87. The van der Waals surface area contributed by atoms with Gasteiger partial charge < -0.3 is 9.47 Å². The first-order valence-electron chi connectivity index (χ1n) is 7.74. The van der Waals surface area contributed by atoms with Crippen LogP contribution in [0.15, 0.2) is 48.5 Å². The van der Waals surface area contributed by atoms with Crippen LogP contribution in [0.3, 0.4) is 0 Å². The summed E-state index contributed by atoms with van der Waals surface area (Å²) in [6.45, 7) is 5.23. The van der Waals surface area contributed by atoms with Gasteiger partial charge >= 0.3 is 0 Å². The van der Waals surface area contributed by atoms with E-state index in [1.54, 1.807) is 0 Å². The highest BCUT2D eigenvalue weighted by Gasteiger charge is 2.20. The van der Waals surface area contributed by atoms with Crippen LogP contribution in [0.5, 0.6) is 11.5 Å². The SMILES string of the molecule is C.C.c1ccc2c(c1)CN(CCN1COc3ccccc3C1)CO2. The number of hydrogen-bond acceptors (Lipinski definition) is 4. The Labute approximate surface area is 145 Å². The standard InChI is InChI=1S/C18H20N2O2.2CH4/c1-3-7-17-15(5-1)11-19(13-21-17)9-10-20-12-16-6-2-4-8-18(16)22-14-20;;/h1-8H,9-14H2;2*1H4. The Bertz CT molecular complexity index is 602. The second kappa shape index (κ2) is 8.18. The maximum absolute atomic E-state index is 5.81. The zero-order chi connectivity index (χ0) is 14.8. The minimum Gasteiger partial charge on any atom is -0.478 e. The molecule has 0 fully saturated rings. The molecule has 0 N–H and O–H groups in total. The lowest BCUT2D eigenvalue weighted by atomic mass is 10.1. The van der Waals surface area contributed by atoms with Gasteiger partial charge in [0.05, 0.1) is 0 Å². The molecule has 0 spiro atoms. The lowest BCUT2D eigenvalue weighted by Gasteiger charge is -2.33. The van der Waals surface area contributed by atoms with E-state index in [0.717, 1.165) is 37.7 Å². The molecule has 2 aromatic rings. The first-order chi connectivity index (χ1) is 10.9. The summed E-state index contributed by atoms with van der Waals surface area (Å²) in [6.07, 6.45) is 0. The van der Waals surface area contributed by atoms with Gasteiger partial charge in [-0.3, -0.25) is 9.80 Å². The van der Waals surface area contributed by atoms with E-state index in [9.17, 15) is 0 Å². The van der Waals surface area contributed by atoms with E-state index in [4.69, 9.17) is 9.47 Å². The van der Waals surface area contributed by atoms with Crippen LogP contribution in [-0.4, -0.2) is 36.4 Å². The Balaban J connectivity index is 0.00000104. The Morgan fingerprint density at radius 3 is 1.54 bits per heavy atom. The average Bonchev–Trinajstić information content (AvgIpc) is 2.59. The van der Waals surface area contributed by atoms with Gasteiger partial charge in [-0.25, -0.2) is 0 Å². The summed E-state index contributed by atoms with van der Waals surface area (Å²) in [4.78, 5) is 4.67. The molecule has 0 saturated carbocycles. The smallest absolute Gasteiger partial charge is 0.142 e. The van der Waals surface area contributed by atoms with Gasteiger partial charge in [0, 0.05) is 37.3 Å². The number of benzene rings is 2. The maximum atomic E-state index is 5.81. The number of rotatable bonds is 3. The number of ether oxygens (including phenoxy) is 2. The highest BCUT2D eigenvalue weighted by atomic mass is 16.5. The molecule has 2 heterocycles. The molecule has 0 atom stereocenters. The predicted molar refractivity (Wildman–Crippen MR) is 98.2 cm³/mol. The van der Waals surface area contributed by atoms with Crippen molar-refractivity contribution in [3.63, 3.8) is 0 Å². The first kappa shape index (κ1) is 18.3. The molecule has 2 aliphatic heterocycles. The zero-order valence-electron chi connectivity index (χ0n) is 12.6. The lowest BCUT2D eigenvalue weighted by Crippen LogP contribution is -2.41. The fraction of sp³-hybridized carbons (Fsp3) is 0.400. The minimum atomic E-state index is 0. The van der Waals surface area contributed by atoms with Gasteiger partial charge in [0.1, 0.15) is 25.0 Å². The van der Waals surface area contributed by atoms with Crippen LogP contribution in [0.1, 0.15) is 26.0 Å².